The number of rotatable bonds is 2. The van der Waals surface area contributed by atoms with Crippen LogP contribution in [0, 0.1) is 0 Å². The zero-order valence-electron chi connectivity index (χ0n) is 8.03. The molecule has 1 aromatic rings. The number of nitrogens with one attached hydrogen (secondary N) is 1. The van der Waals surface area contributed by atoms with Gasteiger partial charge >= 0.3 is 0 Å². The van der Waals surface area contributed by atoms with E-state index < -0.39 is 0 Å². The van der Waals surface area contributed by atoms with Crippen LogP contribution in [0.4, 0.5) is 0 Å². The van der Waals surface area contributed by atoms with Crippen LogP contribution in [-0.2, 0) is 11.3 Å². The molecule has 1 fully saturated rings. The van der Waals surface area contributed by atoms with E-state index in [0.717, 1.165) is 38.4 Å². The van der Waals surface area contributed by atoms with Crippen LogP contribution < -0.4 is 5.56 Å². The molecule has 2 heterocycles. The smallest absolute Gasteiger partial charge is 0.247 e. The minimum atomic E-state index is -0.0456. The quantitative estimate of drug-likeness (QED) is 0.732. The second-order valence-corrected chi connectivity index (χ2v) is 3.45. The molecule has 0 atom stereocenters. The Hall–Kier alpha value is -1.13. The number of ether oxygens (including phenoxy) is 1. The molecule has 4 nitrogen and oxygen atoms in total. The summed E-state index contributed by atoms with van der Waals surface area (Å²) in [6.07, 6.45) is 1.78. The van der Waals surface area contributed by atoms with Crippen LogP contribution in [0.15, 0.2) is 23.1 Å². The lowest BCUT2D eigenvalue weighted by atomic mass is 10.2. The molecule has 2 rings (SSSR count). The number of morpholine rings is 1. The normalized spacial score (nSPS) is 18.3. The van der Waals surface area contributed by atoms with Crippen LogP contribution >= 0.6 is 0 Å². The Morgan fingerprint density at radius 2 is 2.14 bits per heavy atom. The maximum atomic E-state index is 10.8. The van der Waals surface area contributed by atoms with Gasteiger partial charge in [0.25, 0.3) is 0 Å². The Morgan fingerprint density at radius 1 is 1.36 bits per heavy atom. The second kappa shape index (κ2) is 4.39. The minimum absolute atomic E-state index is 0.0456. The van der Waals surface area contributed by atoms with Gasteiger partial charge in [0, 0.05) is 31.9 Å². The molecule has 0 spiro atoms. The number of H-pyrrole nitrogens is 1. The largest absolute Gasteiger partial charge is 0.379 e. The summed E-state index contributed by atoms with van der Waals surface area (Å²) in [5, 5.41) is 0. The first-order valence-electron chi connectivity index (χ1n) is 4.82. The molecule has 0 amide bonds. The molecule has 0 bridgehead atoms. The average molecular weight is 194 g/mol. The lowest BCUT2D eigenvalue weighted by molar-refractivity contribution is 0.0341. The summed E-state index contributed by atoms with van der Waals surface area (Å²) < 4.78 is 5.26. The summed E-state index contributed by atoms with van der Waals surface area (Å²) >= 11 is 0. The third-order valence-electron chi connectivity index (χ3n) is 2.36. The van der Waals surface area contributed by atoms with Crippen molar-refractivity contribution in [2.45, 2.75) is 6.54 Å². The van der Waals surface area contributed by atoms with Gasteiger partial charge in [0.2, 0.25) is 5.56 Å². The highest BCUT2D eigenvalue weighted by Gasteiger charge is 2.10. The Morgan fingerprint density at radius 3 is 2.79 bits per heavy atom. The fourth-order valence-corrected chi connectivity index (χ4v) is 1.56. The van der Waals surface area contributed by atoms with Gasteiger partial charge in [0.15, 0.2) is 0 Å². The Labute approximate surface area is 82.5 Å². The van der Waals surface area contributed by atoms with Crippen molar-refractivity contribution in [1.29, 1.82) is 0 Å². The van der Waals surface area contributed by atoms with E-state index in [1.807, 2.05) is 6.07 Å². The molecular formula is C10H14N2O2. The van der Waals surface area contributed by atoms with E-state index in [1.54, 1.807) is 12.3 Å². The fraction of sp³-hybridized carbons (Fsp3) is 0.500. The topological polar surface area (TPSA) is 45.3 Å². The SMILES string of the molecule is O=c1ccc(CN2CCOCC2)c[nH]1. The second-order valence-electron chi connectivity index (χ2n) is 3.45. The summed E-state index contributed by atoms with van der Waals surface area (Å²) in [4.78, 5) is 15.8. The van der Waals surface area contributed by atoms with Crippen molar-refractivity contribution in [1.82, 2.24) is 9.88 Å². The highest BCUT2D eigenvalue weighted by Crippen LogP contribution is 2.03. The minimum Gasteiger partial charge on any atom is -0.379 e. The molecule has 0 aromatic carbocycles. The zero-order valence-corrected chi connectivity index (χ0v) is 8.03. The zero-order chi connectivity index (χ0) is 9.80. The molecule has 14 heavy (non-hydrogen) atoms. The molecule has 0 radical (unpaired) electrons. The summed E-state index contributed by atoms with van der Waals surface area (Å²) in [5.74, 6) is 0. The molecule has 0 saturated carbocycles. The van der Waals surface area contributed by atoms with Crippen LogP contribution in [0.2, 0.25) is 0 Å². The van der Waals surface area contributed by atoms with Gasteiger partial charge < -0.3 is 9.72 Å². The van der Waals surface area contributed by atoms with Gasteiger partial charge in [0.1, 0.15) is 0 Å². The molecular weight excluding hydrogens is 180 g/mol. The van der Waals surface area contributed by atoms with E-state index in [0.29, 0.717) is 0 Å². The molecule has 1 saturated heterocycles. The molecule has 0 unspecified atom stereocenters. The van der Waals surface area contributed by atoms with Gasteiger partial charge in [0.05, 0.1) is 13.2 Å². The number of aromatic nitrogens is 1. The van der Waals surface area contributed by atoms with Gasteiger partial charge in [-0.2, -0.15) is 0 Å². The molecule has 1 N–H and O–H groups in total. The Kier molecular flexibility index (Phi) is 2.96. The predicted octanol–water partition coefficient (Wildman–Crippen LogP) is 0.207. The van der Waals surface area contributed by atoms with Crippen LogP contribution in [0.3, 0.4) is 0 Å². The van der Waals surface area contributed by atoms with Gasteiger partial charge in [-0.15, -0.1) is 0 Å². The van der Waals surface area contributed by atoms with E-state index in [9.17, 15) is 4.79 Å². The van der Waals surface area contributed by atoms with E-state index in [2.05, 4.69) is 9.88 Å². The summed E-state index contributed by atoms with van der Waals surface area (Å²) in [7, 11) is 0. The van der Waals surface area contributed by atoms with E-state index in [1.165, 1.54) is 0 Å². The first-order chi connectivity index (χ1) is 6.84. The highest BCUT2D eigenvalue weighted by atomic mass is 16.5. The predicted molar refractivity (Wildman–Crippen MR) is 53.2 cm³/mol. The number of aromatic amines is 1. The molecule has 0 aliphatic carbocycles. The Balaban J connectivity index is 1.96. The van der Waals surface area contributed by atoms with E-state index >= 15 is 0 Å². The van der Waals surface area contributed by atoms with Gasteiger partial charge in [-0.25, -0.2) is 0 Å². The Bertz CT molecular complexity index is 322. The van der Waals surface area contributed by atoms with Gasteiger partial charge in [-0.1, -0.05) is 6.07 Å². The molecule has 1 aliphatic rings. The van der Waals surface area contributed by atoms with Crippen LogP contribution in [0.5, 0.6) is 0 Å². The first-order valence-corrected chi connectivity index (χ1v) is 4.82. The van der Waals surface area contributed by atoms with Crippen LogP contribution in [-0.4, -0.2) is 36.2 Å². The summed E-state index contributed by atoms with van der Waals surface area (Å²) in [6, 6.07) is 3.43. The van der Waals surface area contributed by atoms with Gasteiger partial charge in [-0.05, 0) is 5.56 Å². The number of hydrogen-bond donors (Lipinski definition) is 1. The van der Waals surface area contributed by atoms with Crippen molar-refractivity contribution < 1.29 is 4.74 Å². The van der Waals surface area contributed by atoms with Crippen LogP contribution in [0.1, 0.15) is 5.56 Å². The fourth-order valence-electron chi connectivity index (χ4n) is 1.56. The molecule has 1 aliphatic heterocycles. The molecule has 76 valence electrons. The van der Waals surface area contributed by atoms with Crippen molar-refractivity contribution >= 4 is 0 Å². The lowest BCUT2D eigenvalue weighted by Crippen LogP contribution is -2.35. The van der Waals surface area contributed by atoms with E-state index in [4.69, 9.17) is 4.74 Å². The number of hydrogen-bond acceptors (Lipinski definition) is 3. The van der Waals surface area contributed by atoms with Crippen molar-refractivity contribution in [3.05, 3.63) is 34.2 Å². The first kappa shape index (κ1) is 9.43. The monoisotopic (exact) mass is 194 g/mol. The number of nitrogens with zero attached hydrogens (tertiary/aromatic N) is 1. The van der Waals surface area contributed by atoms with Gasteiger partial charge in [-0.3, -0.25) is 9.69 Å². The maximum Gasteiger partial charge on any atom is 0.247 e. The molecule has 4 heteroatoms. The molecule has 1 aromatic heterocycles. The third-order valence-corrected chi connectivity index (χ3v) is 2.36. The average Bonchev–Trinajstić information content (AvgIpc) is 2.23. The maximum absolute atomic E-state index is 10.8. The van der Waals surface area contributed by atoms with Crippen LogP contribution in [0.25, 0.3) is 0 Å². The highest BCUT2D eigenvalue weighted by molar-refractivity contribution is 5.08. The van der Waals surface area contributed by atoms with Crippen molar-refractivity contribution in [3.8, 4) is 0 Å². The number of pyridine rings is 1. The van der Waals surface area contributed by atoms with E-state index in [-0.39, 0.29) is 5.56 Å². The van der Waals surface area contributed by atoms with Crippen molar-refractivity contribution in [3.63, 3.8) is 0 Å². The third kappa shape index (κ3) is 2.43. The van der Waals surface area contributed by atoms with Crippen molar-refractivity contribution in [2.24, 2.45) is 0 Å². The standard InChI is InChI=1S/C10H14N2O2/c13-10-2-1-9(7-11-10)8-12-3-5-14-6-4-12/h1-2,7H,3-6,8H2,(H,11,13). The summed E-state index contributed by atoms with van der Waals surface area (Å²) in [6.45, 7) is 4.45. The lowest BCUT2D eigenvalue weighted by Gasteiger charge is -2.26. The summed E-state index contributed by atoms with van der Waals surface area (Å²) in [5.41, 5.74) is 1.10. The van der Waals surface area contributed by atoms with Crippen molar-refractivity contribution in [2.75, 3.05) is 26.3 Å².